The van der Waals surface area contributed by atoms with E-state index in [0.29, 0.717) is 17.5 Å². The third-order valence-corrected chi connectivity index (χ3v) is 11.5. The Bertz CT molecular complexity index is 3140. The molecule has 0 aliphatic rings. The molecule has 0 radical (unpaired) electrons. The van der Waals surface area contributed by atoms with Crippen LogP contribution in [0.4, 0.5) is 0 Å². The Morgan fingerprint density at radius 2 is 0.907 bits per heavy atom. The average Bonchev–Trinajstić information content (AvgIpc) is 3.81. The third kappa shape index (κ3) is 5.09. The van der Waals surface area contributed by atoms with Crippen molar-refractivity contribution in [2.24, 2.45) is 0 Å². The average molecular weight is 708 g/mol. The maximum Gasteiger partial charge on any atom is 0.164 e. The van der Waals surface area contributed by atoms with Crippen LogP contribution in [-0.2, 0) is 0 Å². The van der Waals surface area contributed by atoms with Crippen molar-refractivity contribution in [1.82, 2.24) is 15.0 Å². The van der Waals surface area contributed by atoms with Crippen LogP contribution in [0, 0.1) is 0 Å². The number of hydrogen-bond donors (Lipinski definition) is 0. The molecule has 3 heterocycles. The molecule has 0 aliphatic heterocycles. The van der Waals surface area contributed by atoms with Crippen molar-refractivity contribution < 1.29 is 4.42 Å². The van der Waals surface area contributed by atoms with Crippen molar-refractivity contribution in [3.63, 3.8) is 0 Å². The Hall–Kier alpha value is -6.95. The summed E-state index contributed by atoms with van der Waals surface area (Å²) in [4.78, 5) is 14.8. The normalized spacial score (nSPS) is 11.7. The molecule has 0 aliphatic carbocycles. The highest BCUT2D eigenvalue weighted by molar-refractivity contribution is 7.25. The summed E-state index contributed by atoms with van der Waals surface area (Å²) in [6.45, 7) is 0. The van der Waals surface area contributed by atoms with Gasteiger partial charge in [-0.1, -0.05) is 140 Å². The van der Waals surface area contributed by atoms with Gasteiger partial charge in [0.15, 0.2) is 17.5 Å². The van der Waals surface area contributed by atoms with Crippen molar-refractivity contribution in [3.05, 3.63) is 176 Å². The van der Waals surface area contributed by atoms with Crippen molar-refractivity contribution in [2.75, 3.05) is 0 Å². The summed E-state index contributed by atoms with van der Waals surface area (Å²) in [6.07, 6.45) is 0. The van der Waals surface area contributed by atoms with Gasteiger partial charge in [-0.25, -0.2) is 15.0 Å². The second kappa shape index (κ2) is 12.3. The number of hydrogen-bond acceptors (Lipinski definition) is 5. The number of rotatable bonds is 5. The lowest BCUT2D eigenvalue weighted by Crippen LogP contribution is -2.00. The van der Waals surface area contributed by atoms with Crippen LogP contribution in [0.5, 0.6) is 0 Å². The summed E-state index contributed by atoms with van der Waals surface area (Å²) < 4.78 is 9.45. The fourth-order valence-corrected chi connectivity index (χ4v) is 8.75. The van der Waals surface area contributed by atoms with Crippen LogP contribution in [0.1, 0.15) is 0 Å². The highest BCUT2D eigenvalue weighted by atomic mass is 32.1. The number of fused-ring (bicyclic) bond motifs is 7. The molecule has 3 aromatic heterocycles. The first-order valence-electron chi connectivity index (χ1n) is 18.0. The Balaban J connectivity index is 1.08. The van der Waals surface area contributed by atoms with Gasteiger partial charge in [0.2, 0.25) is 0 Å². The van der Waals surface area contributed by atoms with Gasteiger partial charge in [-0.2, -0.15) is 0 Å². The van der Waals surface area contributed by atoms with Gasteiger partial charge in [0.25, 0.3) is 0 Å². The SMILES string of the molecule is c1ccc(-c2nc(-c3ccccc3)nc(-c3ccc(-c4ccc(-c5ccc6sc7ccccc7c6c5)c5oc6cc7ccccc7cc6c45)cc3)n2)cc1. The first-order valence-corrected chi connectivity index (χ1v) is 18.8. The van der Waals surface area contributed by atoms with Crippen molar-refractivity contribution in [2.45, 2.75) is 0 Å². The van der Waals surface area contributed by atoms with Gasteiger partial charge < -0.3 is 4.42 Å². The minimum Gasteiger partial charge on any atom is -0.455 e. The van der Waals surface area contributed by atoms with Crippen LogP contribution in [0.15, 0.2) is 180 Å². The zero-order valence-electron chi connectivity index (χ0n) is 28.9. The van der Waals surface area contributed by atoms with E-state index in [1.165, 1.54) is 25.6 Å². The lowest BCUT2D eigenvalue weighted by atomic mass is 9.93. The maximum absolute atomic E-state index is 6.87. The molecule has 0 saturated heterocycles. The van der Waals surface area contributed by atoms with Crippen LogP contribution in [0.2, 0.25) is 0 Å². The second-order valence-corrected chi connectivity index (χ2v) is 14.7. The molecule has 0 spiro atoms. The molecule has 11 rings (SSSR count). The van der Waals surface area contributed by atoms with E-state index in [-0.39, 0.29) is 0 Å². The summed E-state index contributed by atoms with van der Waals surface area (Å²) >= 11 is 1.84. The van der Waals surface area contributed by atoms with Crippen LogP contribution in [0.3, 0.4) is 0 Å². The van der Waals surface area contributed by atoms with Crippen molar-refractivity contribution in [3.8, 4) is 56.4 Å². The zero-order valence-corrected chi connectivity index (χ0v) is 29.7. The molecule has 0 bridgehead atoms. The topological polar surface area (TPSA) is 51.8 Å². The summed E-state index contributed by atoms with van der Waals surface area (Å²) in [5.41, 5.74) is 9.00. The van der Waals surface area contributed by atoms with E-state index in [2.05, 4.69) is 115 Å². The van der Waals surface area contributed by atoms with Gasteiger partial charge in [-0.05, 0) is 63.9 Å². The van der Waals surface area contributed by atoms with E-state index in [4.69, 9.17) is 19.4 Å². The van der Waals surface area contributed by atoms with E-state index in [1.54, 1.807) is 0 Å². The Morgan fingerprint density at radius 1 is 0.370 bits per heavy atom. The summed E-state index contributed by atoms with van der Waals surface area (Å²) in [5.74, 6) is 1.92. The fourth-order valence-electron chi connectivity index (χ4n) is 7.66. The first-order chi connectivity index (χ1) is 26.7. The maximum atomic E-state index is 6.87. The zero-order chi connectivity index (χ0) is 35.6. The lowest BCUT2D eigenvalue weighted by molar-refractivity contribution is 0.670. The van der Waals surface area contributed by atoms with E-state index in [1.807, 2.05) is 72.0 Å². The van der Waals surface area contributed by atoms with Gasteiger partial charge in [0, 0.05) is 53.2 Å². The molecule has 5 heteroatoms. The number of aromatic nitrogens is 3. The highest BCUT2D eigenvalue weighted by Gasteiger charge is 2.20. The minimum atomic E-state index is 0.631. The Labute approximate surface area is 314 Å². The molecular weight excluding hydrogens is 679 g/mol. The number of benzene rings is 8. The second-order valence-electron chi connectivity index (χ2n) is 13.6. The number of thiophene rings is 1. The molecule has 0 saturated carbocycles. The van der Waals surface area contributed by atoms with Gasteiger partial charge in [-0.3, -0.25) is 0 Å². The molecule has 4 nitrogen and oxygen atoms in total. The number of nitrogens with zero attached hydrogens (tertiary/aromatic N) is 3. The fraction of sp³-hybridized carbons (Fsp3) is 0. The molecule has 252 valence electrons. The summed E-state index contributed by atoms with van der Waals surface area (Å²) in [7, 11) is 0. The summed E-state index contributed by atoms with van der Waals surface area (Å²) in [5, 5.41) is 7.10. The van der Waals surface area contributed by atoms with Gasteiger partial charge in [-0.15, -0.1) is 11.3 Å². The quantitative estimate of drug-likeness (QED) is 0.179. The summed E-state index contributed by atoms with van der Waals surface area (Å²) in [6, 6.07) is 61.6. The molecule has 0 N–H and O–H groups in total. The molecule has 0 amide bonds. The Kier molecular flexibility index (Phi) is 7.00. The Morgan fingerprint density at radius 3 is 1.61 bits per heavy atom. The molecule has 0 fully saturated rings. The molecule has 8 aromatic carbocycles. The van der Waals surface area contributed by atoms with Gasteiger partial charge in [0.05, 0.1) is 0 Å². The van der Waals surface area contributed by atoms with E-state index in [9.17, 15) is 0 Å². The van der Waals surface area contributed by atoms with Crippen LogP contribution in [-0.4, -0.2) is 15.0 Å². The lowest BCUT2D eigenvalue weighted by Gasteiger charge is -2.11. The standard InChI is InChI=1S/C49H29N3OS/c1-3-11-31(12-4-1)47-50-48(32-13-5-2-6-14-32)52-49(51-47)33-21-19-30(20-22-33)37-24-25-38(36-23-26-44-40(28-36)39-17-9-10-18-43(39)54-44)46-45(37)41-27-34-15-7-8-16-35(34)29-42(41)53-46/h1-29H. The molecule has 54 heavy (non-hydrogen) atoms. The van der Waals surface area contributed by atoms with Gasteiger partial charge >= 0.3 is 0 Å². The van der Waals surface area contributed by atoms with Crippen molar-refractivity contribution >= 4 is 64.2 Å². The van der Waals surface area contributed by atoms with E-state index < -0.39 is 0 Å². The van der Waals surface area contributed by atoms with E-state index in [0.717, 1.165) is 66.3 Å². The monoisotopic (exact) mass is 707 g/mol. The van der Waals surface area contributed by atoms with Crippen LogP contribution < -0.4 is 0 Å². The smallest absolute Gasteiger partial charge is 0.164 e. The largest absolute Gasteiger partial charge is 0.455 e. The first kappa shape index (κ1) is 30.7. The van der Waals surface area contributed by atoms with Gasteiger partial charge in [0.1, 0.15) is 11.2 Å². The van der Waals surface area contributed by atoms with Crippen molar-refractivity contribution in [1.29, 1.82) is 0 Å². The number of furan rings is 1. The van der Waals surface area contributed by atoms with E-state index >= 15 is 0 Å². The third-order valence-electron chi connectivity index (χ3n) is 10.3. The molecule has 0 unspecified atom stereocenters. The molecule has 0 atom stereocenters. The predicted octanol–water partition coefficient (Wildman–Crippen LogP) is 13.6. The molecule has 11 aromatic rings. The predicted molar refractivity (Wildman–Crippen MR) is 225 cm³/mol. The van der Waals surface area contributed by atoms with Crippen LogP contribution >= 0.6 is 11.3 Å². The molecular formula is C49H29N3OS. The highest BCUT2D eigenvalue weighted by Crippen LogP contribution is 2.44. The van der Waals surface area contributed by atoms with Crippen LogP contribution in [0.25, 0.3) is 109 Å². The minimum absolute atomic E-state index is 0.631.